The molecule has 0 spiro atoms. The molecular formula is C9H19NO2. The second-order valence-corrected chi connectivity index (χ2v) is 3.84. The van der Waals surface area contributed by atoms with Crippen molar-refractivity contribution in [3.05, 3.63) is 0 Å². The molecule has 72 valence electrons. The SMILES string of the molecule is CCCC(C)(C)NC(C)C(=O)O. The lowest BCUT2D eigenvalue weighted by Gasteiger charge is -2.28. The van der Waals surface area contributed by atoms with Crippen LogP contribution in [0.15, 0.2) is 0 Å². The second-order valence-electron chi connectivity index (χ2n) is 3.84. The van der Waals surface area contributed by atoms with Crippen molar-refractivity contribution >= 4 is 5.97 Å². The van der Waals surface area contributed by atoms with E-state index in [0.717, 1.165) is 12.8 Å². The van der Waals surface area contributed by atoms with E-state index in [1.54, 1.807) is 6.92 Å². The van der Waals surface area contributed by atoms with Gasteiger partial charge in [-0.15, -0.1) is 0 Å². The highest BCUT2D eigenvalue weighted by Gasteiger charge is 2.21. The van der Waals surface area contributed by atoms with E-state index in [1.165, 1.54) is 0 Å². The van der Waals surface area contributed by atoms with Crippen LogP contribution in [0.3, 0.4) is 0 Å². The lowest BCUT2D eigenvalue weighted by Crippen LogP contribution is -2.47. The van der Waals surface area contributed by atoms with Gasteiger partial charge in [-0.1, -0.05) is 13.3 Å². The molecule has 0 heterocycles. The molecule has 0 saturated carbocycles. The van der Waals surface area contributed by atoms with Crippen LogP contribution in [0.25, 0.3) is 0 Å². The number of nitrogens with one attached hydrogen (secondary N) is 1. The first-order valence-electron chi connectivity index (χ1n) is 4.39. The van der Waals surface area contributed by atoms with Gasteiger partial charge in [-0.25, -0.2) is 0 Å². The van der Waals surface area contributed by atoms with Gasteiger partial charge in [-0.05, 0) is 27.2 Å². The number of carboxylic acids is 1. The number of hydrogen-bond donors (Lipinski definition) is 2. The average Bonchev–Trinajstić information content (AvgIpc) is 1.85. The molecule has 0 aromatic carbocycles. The molecule has 3 nitrogen and oxygen atoms in total. The number of rotatable bonds is 5. The van der Waals surface area contributed by atoms with Crippen molar-refractivity contribution in [2.45, 2.75) is 52.1 Å². The van der Waals surface area contributed by atoms with Gasteiger partial charge in [0.25, 0.3) is 0 Å². The first-order chi connectivity index (χ1) is 5.39. The maximum atomic E-state index is 10.5. The topological polar surface area (TPSA) is 49.3 Å². The van der Waals surface area contributed by atoms with Crippen LogP contribution in [0, 0.1) is 0 Å². The Morgan fingerprint density at radius 1 is 1.58 bits per heavy atom. The van der Waals surface area contributed by atoms with E-state index in [0.29, 0.717) is 0 Å². The summed E-state index contributed by atoms with van der Waals surface area (Å²) in [7, 11) is 0. The van der Waals surface area contributed by atoms with Gasteiger partial charge < -0.3 is 5.11 Å². The minimum absolute atomic E-state index is 0.0768. The number of hydrogen-bond acceptors (Lipinski definition) is 2. The standard InChI is InChI=1S/C9H19NO2/c1-5-6-9(3,4)10-7(2)8(11)12/h7,10H,5-6H2,1-4H3,(H,11,12). The summed E-state index contributed by atoms with van der Waals surface area (Å²) in [4.78, 5) is 10.5. The Bertz CT molecular complexity index is 155. The van der Waals surface area contributed by atoms with Crippen LogP contribution in [0.5, 0.6) is 0 Å². The highest BCUT2D eigenvalue weighted by Crippen LogP contribution is 2.11. The zero-order chi connectivity index (χ0) is 9.78. The zero-order valence-corrected chi connectivity index (χ0v) is 8.35. The van der Waals surface area contributed by atoms with Crippen molar-refractivity contribution < 1.29 is 9.90 Å². The second kappa shape index (κ2) is 4.45. The van der Waals surface area contributed by atoms with E-state index in [2.05, 4.69) is 12.2 Å². The molecular weight excluding hydrogens is 154 g/mol. The summed E-state index contributed by atoms with van der Waals surface area (Å²) in [5.41, 5.74) is -0.0768. The number of carboxylic acid groups (broad SMARTS) is 1. The van der Waals surface area contributed by atoms with Crippen molar-refractivity contribution in [1.82, 2.24) is 5.32 Å². The Balaban J connectivity index is 3.95. The molecule has 3 heteroatoms. The van der Waals surface area contributed by atoms with E-state index >= 15 is 0 Å². The van der Waals surface area contributed by atoms with E-state index in [4.69, 9.17) is 5.11 Å². The molecule has 0 aromatic rings. The van der Waals surface area contributed by atoms with Crippen LogP contribution in [-0.4, -0.2) is 22.7 Å². The van der Waals surface area contributed by atoms with Crippen LogP contribution in [0.1, 0.15) is 40.5 Å². The fourth-order valence-electron chi connectivity index (χ4n) is 1.35. The summed E-state index contributed by atoms with van der Waals surface area (Å²) in [6.07, 6.45) is 2.05. The quantitative estimate of drug-likeness (QED) is 0.664. The molecule has 1 atom stereocenters. The summed E-state index contributed by atoms with van der Waals surface area (Å²) < 4.78 is 0. The van der Waals surface area contributed by atoms with Gasteiger partial charge in [0.1, 0.15) is 6.04 Å². The normalized spacial score (nSPS) is 14.3. The van der Waals surface area contributed by atoms with E-state index in [9.17, 15) is 4.79 Å². The monoisotopic (exact) mass is 173 g/mol. The van der Waals surface area contributed by atoms with Crippen LogP contribution in [-0.2, 0) is 4.79 Å². The fraction of sp³-hybridized carbons (Fsp3) is 0.889. The highest BCUT2D eigenvalue weighted by molar-refractivity contribution is 5.72. The predicted molar refractivity (Wildman–Crippen MR) is 49.2 cm³/mol. The lowest BCUT2D eigenvalue weighted by molar-refractivity contribution is -0.139. The van der Waals surface area contributed by atoms with Crippen LogP contribution in [0.4, 0.5) is 0 Å². The minimum Gasteiger partial charge on any atom is -0.480 e. The third-order valence-electron chi connectivity index (χ3n) is 1.85. The van der Waals surface area contributed by atoms with Gasteiger partial charge in [0.15, 0.2) is 0 Å². The molecule has 0 fully saturated rings. The van der Waals surface area contributed by atoms with Gasteiger partial charge in [0.2, 0.25) is 0 Å². The van der Waals surface area contributed by atoms with Crippen LogP contribution >= 0.6 is 0 Å². The van der Waals surface area contributed by atoms with Crippen molar-refractivity contribution in [3.63, 3.8) is 0 Å². The Hall–Kier alpha value is -0.570. The zero-order valence-electron chi connectivity index (χ0n) is 8.35. The number of aliphatic carboxylic acids is 1. The summed E-state index contributed by atoms with van der Waals surface area (Å²) in [6, 6.07) is -0.466. The molecule has 0 radical (unpaired) electrons. The first kappa shape index (κ1) is 11.4. The van der Waals surface area contributed by atoms with E-state index < -0.39 is 12.0 Å². The summed E-state index contributed by atoms with van der Waals surface area (Å²) in [5.74, 6) is -0.792. The minimum atomic E-state index is -0.792. The first-order valence-corrected chi connectivity index (χ1v) is 4.39. The fourth-order valence-corrected chi connectivity index (χ4v) is 1.35. The molecule has 1 unspecified atom stereocenters. The Kier molecular flexibility index (Phi) is 4.24. The van der Waals surface area contributed by atoms with Crippen molar-refractivity contribution in [3.8, 4) is 0 Å². The van der Waals surface area contributed by atoms with Gasteiger partial charge in [-0.3, -0.25) is 10.1 Å². The Morgan fingerprint density at radius 3 is 2.42 bits per heavy atom. The smallest absolute Gasteiger partial charge is 0.320 e. The van der Waals surface area contributed by atoms with E-state index in [1.807, 2.05) is 13.8 Å². The van der Waals surface area contributed by atoms with Gasteiger partial charge in [-0.2, -0.15) is 0 Å². The molecule has 0 amide bonds. The van der Waals surface area contributed by atoms with Crippen molar-refractivity contribution in [2.24, 2.45) is 0 Å². The Labute approximate surface area is 74.2 Å². The third kappa shape index (κ3) is 4.34. The molecule has 0 aromatic heterocycles. The predicted octanol–water partition coefficient (Wildman–Crippen LogP) is 1.63. The van der Waals surface area contributed by atoms with Crippen molar-refractivity contribution in [1.29, 1.82) is 0 Å². The summed E-state index contributed by atoms with van der Waals surface area (Å²) in [6.45, 7) is 7.81. The third-order valence-corrected chi connectivity index (χ3v) is 1.85. The van der Waals surface area contributed by atoms with Gasteiger partial charge >= 0.3 is 5.97 Å². The Morgan fingerprint density at radius 2 is 2.08 bits per heavy atom. The summed E-state index contributed by atoms with van der Waals surface area (Å²) >= 11 is 0. The van der Waals surface area contributed by atoms with Gasteiger partial charge in [0.05, 0.1) is 0 Å². The molecule has 0 rings (SSSR count). The number of carbonyl (C=O) groups is 1. The lowest BCUT2D eigenvalue weighted by atomic mass is 9.98. The van der Waals surface area contributed by atoms with Gasteiger partial charge in [0, 0.05) is 5.54 Å². The molecule has 12 heavy (non-hydrogen) atoms. The maximum absolute atomic E-state index is 10.5. The molecule has 0 saturated heterocycles. The molecule has 0 aliphatic carbocycles. The van der Waals surface area contributed by atoms with Crippen LogP contribution in [0.2, 0.25) is 0 Å². The highest BCUT2D eigenvalue weighted by atomic mass is 16.4. The molecule has 0 bridgehead atoms. The van der Waals surface area contributed by atoms with Crippen molar-refractivity contribution in [2.75, 3.05) is 0 Å². The maximum Gasteiger partial charge on any atom is 0.320 e. The average molecular weight is 173 g/mol. The molecule has 0 aliphatic rings. The summed E-state index contributed by atoms with van der Waals surface area (Å²) in [5, 5.41) is 11.7. The largest absolute Gasteiger partial charge is 0.480 e. The van der Waals surface area contributed by atoms with Crippen LogP contribution < -0.4 is 5.32 Å². The molecule has 2 N–H and O–H groups in total. The molecule has 0 aliphatic heterocycles. The van der Waals surface area contributed by atoms with E-state index in [-0.39, 0.29) is 5.54 Å².